The quantitative estimate of drug-likeness (QED) is 0.726. The van der Waals surface area contributed by atoms with Crippen LogP contribution < -0.4 is 20.1 Å². The van der Waals surface area contributed by atoms with Crippen molar-refractivity contribution >= 4 is 5.91 Å². The first-order chi connectivity index (χ1) is 16.1. The number of rotatable bonds is 5. The lowest BCUT2D eigenvalue weighted by Gasteiger charge is -2.49. The van der Waals surface area contributed by atoms with Crippen LogP contribution in [0.25, 0.3) is 0 Å². The fourth-order valence-electron chi connectivity index (χ4n) is 6.11. The highest BCUT2D eigenvalue weighted by molar-refractivity contribution is 5.98. The smallest absolute Gasteiger partial charge is 0.255 e. The van der Waals surface area contributed by atoms with Crippen LogP contribution in [-0.4, -0.2) is 50.7 Å². The first-order valence-corrected chi connectivity index (χ1v) is 12.2. The number of piperidine rings is 2. The molecule has 4 atom stereocenters. The number of amides is 1. The number of nitrogens with zero attached hydrogens (tertiary/aromatic N) is 1. The Morgan fingerprint density at radius 1 is 1.21 bits per heavy atom. The maximum Gasteiger partial charge on any atom is 0.255 e. The topological polar surface area (TPSA) is 62.8 Å². The second-order valence-corrected chi connectivity index (χ2v) is 9.62. The summed E-state index contributed by atoms with van der Waals surface area (Å²) in [6.45, 7) is 5.24. The van der Waals surface area contributed by atoms with Crippen LogP contribution in [0.2, 0.25) is 0 Å². The molecule has 3 aliphatic rings. The Bertz CT molecular complexity index is 1010. The van der Waals surface area contributed by atoms with Gasteiger partial charge in [0.25, 0.3) is 5.91 Å². The number of carbonyl (C=O) groups is 1. The highest BCUT2D eigenvalue weighted by atomic mass is 16.5. The second kappa shape index (κ2) is 9.35. The summed E-state index contributed by atoms with van der Waals surface area (Å²) in [5, 5.41) is 6.92. The summed E-state index contributed by atoms with van der Waals surface area (Å²) in [5.74, 6) is 2.07. The van der Waals surface area contributed by atoms with E-state index in [1.807, 2.05) is 43.3 Å². The van der Waals surface area contributed by atoms with Gasteiger partial charge in [0.1, 0.15) is 11.5 Å². The van der Waals surface area contributed by atoms with Crippen LogP contribution in [0.15, 0.2) is 36.4 Å². The summed E-state index contributed by atoms with van der Waals surface area (Å²) in [6, 6.07) is 12.5. The fraction of sp³-hybridized carbons (Fsp3) is 0.519. The average Bonchev–Trinajstić information content (AvgIpc) is 2.86. The number of hydrogen-bond donors (Lipinski definition) is 2. The first-order valence-electron chi connectivity index (χ1n) is 12.2. The third-order valence-electron chi connectivity index (χ3n) is 7.80. The van der Waals surface area contributed by atoms with Gasteiger partial charge in [-0.2, -0.15) is 0 Å². The molecule has 33 heavy (non-hydrogen) atoms. The summed E-state index contributed by atoms with van der Waals surface area (Å²) in [6.07, 6.45) is 4.52. The predicted octanol–water partition coefficient (Wildman–Crippen LogP) is 3.87. The van der Waals surface area contributed by atoms with Crippen LogP contribution in [0, 0.1) is 5.92 Å². The summed E-state index contributed by atoms with van der Waals surface area (Å²) >= 11 is 0. The Hall–Kier alpha value is -2.57. The lowest BCUT2D eigenvalue weighted by atomic mass is 9.76. The number of nitrogens with one attached hydrogen (secondary N) is 2. The van der Waals surface area contributed by atoms with E-state index in [2.05, 4.69) is 15.5 Å². The van der Waals surface area contributed by atoms with E-state index in [1.54, 1.807) is 14.2 Å². The Morgan fingerprint density at radius 2 is 2.03 bits per heavy atom. The molecule has 6 heteroatoms. The average molecular weight is 450 g/mol. The highest BCUT2D eigenvalue weighted by Crippen LogP contribution is 2.48. The Balaban J connectivity index is 1.51. The fourth-order valence-corrected chi connectivity index (χ4v) is 6.11. The molecule has 0 saturated carbocycles. The van der Waals surface area contributed by atoms with Gasteiger partial charge < -0.3 is 20.1 Å². The third kappa shape index (κ3) is 4.11. The molecular formula is C27H35N3O3. The number of ether oxygens (including phenoxy) is 2. The van der Waals surface area contributed by atoms with Gasteiger partial charge in [0.05, 0.1) is 25.8 Å². The van der Waals surface area contributed by atoms with Crippen molar-refractivity contribution in [1.82, 2.24) is 15.5 Å². The Labute approximate surface area is 196 Å². The van der Waals surface area contributed by atoms with Gasteiger partial charge >= 0.3 is 0 Å². The van der Waals surface area contributed by atoms with Crippen LogP contribution in [0.5, 0.6) is 11.5 Å². The van der Waals surface area contributed by atoms with E-state index in [-0.39, 0.29) is 18.0 Å². The van der Waals surface area contributed by atoms with Gasteiger partial charge in [-0.05, 0) is 56.7 Å². The minimum atomic E-state index is -0.133. The number of hydrogen-bond acceptors (Lipinski definition) is 5. The van der Waals surface area contributed by atoms with Crippen molar-refractivity contribution in [2.24, 2.45) is 5.92 Å². The predicted molar refractivity (Wildman–Crippen MR) is 129 cm³/mol. The largest absolute Gasteiger partial charge is 0.496 e. The van der Waals surface area contributed by atoms with E-state index in [4.69, 9.17) is 9.47 Å². The van der Waals surface area contributed by atoms with Gasteiger partial charge in [-0.15, -0.1) is 0 Å². The molecule has 3 aliphatic heterocycles. The standard InChI is InChI=1S/C27H35N3O3/c1-17(18-8-5-4-6-9-18)29-27(31)21-14-24(32-2)20-11-13-30-16-19-10-7-12-28-22(19)15-23(30)25(20)26(21)33-3/h4-6,8-9,14,17,19,22-23,28H,7,10-13,15-16H2,1-3H3,(H,29,31)/t17-,19-,22+,23+/m1/s1. The van der Waals surface area contributed by atoms with E-state index < -0.39 is 0 Å². The van der Waals surface area contributed by atoms with Crippen molar-refractivity contribution in [1.29, 1.82) is 0 Å². The first kappa shape index (κ1) is 22.2. The van der Waals surface area contributed by atoms with Crippen LogP contribution in [-0.2, 0) is 6.42 Å². The van der Waals surface area contributed by atoms with Gasteiger partial charge in [0.15, 0.2) is 0 Å². The lowest BCUT2D eigenvalue weighted by Crippen LogP contribution is -2.54. The molecule has 5 rings (SSSR count). The van der Waals surface area contributed by atoms with Gasteiger partial charge in [0.2, 0.25) is 0 Å². The van der Waals surface area contributed by atoms with Gasteiger partial charge in [-0.1, -0.05) is 30.3 Å². The highest BCUT2D eigenvalue weighted by Gasteiger charge is 2.42. The van der Waals surface area contributed by atoms with Crippen LogP contribution in [0.3, 0.4) is 0 Å². The molecule has 2 aromatic carbocycles. The van der Waals surface area contributed by atoms with Gasteiger partial charge in [0, 0.05) is 36.3 Å². The van der Waals surface area contributed by atoms with Gasteiger partial charge in [-0.3, -0.25) is 9.69 Å². The molecule has 1 amide bonds. The lowest BCUT2D eigenvalue weighted by molar-refractivity contribution is 0.0532. The molecule has 0 bridgehead atoms. The molecule has 0 spiro atoms. The van der Waals surface area contributed by atoms with Crippen molar-refractivity contribution in [2.45, 2.75) is 50.7 Å². The number of fused-ring (bicyclic) bond motifs is 4. The molecule has 2 saturated heterocycles. The van der Waals surface area contributed by atoms with Crippen LogP contribution in [0.4, 0.5) is 0 Å². The summed E-state index contributed by atoms with van der Waals surface area (Å²) in [7, 11) is 3.38. The molecule has 0 radical (unpaired) electrons. The van der Waals surface area contributed by atoms with Crippen LogP contribution >= 0.6 is 0 Å². The van der Waals surface area contributed by atoms with Crippen molar-refractivity contribution in [3.8, 4) is 11.5 Å². The summed E-state index contributed by atoms with van der Waals surface area (Å²) < 4.78 is 11.8. The monoisotopic (exact) mass is 449 g/mol. The Morgan fingerprint density at radius 3 is 2.79 bits per heavy atom. The number of benzene rings is 2. The minimum Gasteiger partial charge on any atom is -0.496 e. The van der Waals surface area contributed by atoms with E-state index in [1.165, 1.54) is 18.4 Å². The Kier molecular flexibility index (Phi) is 6.30. The molecule has 2 aromatic rings. The zero-order valence-electron chi connectivity index (χ0n) is 19.9. The number of carbonyl (C=O) groups excluding carboxylic acids is 1. The van der Waals surface area contributed by atoms with E-state index >= 15 is 0 Å². The summed E-state index contributed by atoms with van der Waals surface area (Å²) in [5.41, 5.74) is 3.96. The third-order valence-corrected chi connectivity index (χ3v) is 7.80. The van der Waals surface area contributed by atoms with E-state index in [9.17, 15) is 4.79 Å². The van der Waals surface area contributed by atoms with Crippen molar-refractivity contribution in [2.75, 3.05) is 33.9 Å². The zero-order chi connectivity index (χ0) is 22.9. The SMILES string of the molecule is COc1cc(C(=O)N[C@H](C)c2ccccc2)c(OC)c2c1CCN1C[C@H]3CCCN[C@H]3C[C@@H]21. The number of methoxy groups -OCH3 is 2. The molecule has 3 heterocycles. The maximum atomic E-state index is 13.5. The summed E-state index contributed by atoms with van der Waals surface area (Å²) in [4.78, 5) is 16.1. The minimum absolute atomic E-state index is 0.108. The molecule has 0 unspecified atom stereocenters. The van der Waals surface area contributed by atoms with Crippen molar-refractivity contribution < 1.29 is 14.3 Å². The van der Waals surface area contributed by atoms with E-state index in [0.717, 1.165) is 49.4 Å². The van der Waals surface area contributed by atoms with Crippen molar-refractivity contribution in [3.05, 3.63) is 58.7 Å². The second-order valence-electron chi connectivity index (χ2n) is 9.62. The van der Waals surface area contributed by atoms with E-state index in [0.29, 0.717) is 23.3 Å². The maximum absolute atomic E-state index is 13.5. The molecule has 0 aliphatic carbocycles. The molecule has 2 fully saturated rings. The molecule has 0 aromatic heterocycles. The normalized spacial score (nSPS) is 25.2. The van der Waals surface area contributed by atoms with Crippen molar-refractivity contribution in [3.63, 3.8) is 0 Å². The molecule has 6 nitrogen and oxygen atoms in total. The van der Waals surface area contributed by atoms with Gasteiger partial charge in [-0.25, -0.2) is 0 Å². The molecule has 2 N–H and O–H groups in total. The zero-order valence-corrected chi connectivity index (χ0v) is 19.9. The molecular weight excluding hydrogens is 414 g/mol. The van der Waals surface area contributed by atoms with Crippen LogP contribution in [0.1, 0.15) is 65.3 Å². The molecule has 176 valence electrons.